The third-order valence-electron chi connectivity index (χ3n) is 2.44. The van der Waals surface area contributed by atoms with Crippen molar-refractivity contribution in [3.8, 4) is 5.75 Å². The normalized spacial score (nSPS) is 15.2. The summed E-state index contributed by atoms with van der Waals surface area (Å²) in [5.41, 5.74) is 0.283. The Balaban J connectivity index is 2.46. The minimum atomic E-state index is -4.85. The number of alkyl halides is 3. The first-order chi connectivity index (χ1) is 7.50. The number of Topliss-reactive ketones (excluding diaryl/α,β-unsaturated/α-hetero) is 1. The van der Waals surface area contributed by atoms with Gasteiger partial charge in [-0.25, -0.2) is 0 Å². The second-order valence-corrected chi connectivity index (χ2v) is 3.57. The summed E-state index contributed by atoms with van der Waals surface area (Å²) in [6.45, 7) is 0.356. The Morgan fingerprint density at radius 2 is 2.06 bits per heavy atom. The number of halogens is 3. The van der Waals surface area contributed by atoms with Crippen LogP contribution >= 0.6 is 0 Å². The lowest BCUT2D eigenvalue weighted by Crippen LogP contribution is -2.24. The molecule has 0 spiro atoms. The van der Waals surface area contributed by atoms with Crippen molar-refractivity contribution in [1.29, 1.82) is 0 Å². The van der Waals surface area contributed by atoms with Crippen molar-refractivity contribution in [3.63, 3.8) is 0 Å². The fourth-order valence-corrected chi connectivity index (χ4v) is 1.72. The van der Waals surface area contributed by atoms with Crippen molar-refractivity contribution in [2.75, 3.05) is 6.61 Å². The molecule has 5 heteroatoms. The average Bonchev–Trinajstić information content (AvgIpc) is 2.26. The van der Waals surface area contributed by atoms with Crippen molar-refractivity contribution >= 4 is 5.78 Å². The molecule has 1 aromatic rings. The Hall–Kier alpha value is -1.52. The van der Waals surface area contributed by atoms with Gasteiger partial charge in [0.1, 0.15) is 5.75 Å². The molecule has 0 saturated carbocycles. The second-order valence-electron chi connectivity index (χ2n) is 3.57. The number of benzene rings is 1. The molecular formula is C11H9F3O2. The van der Waals surface area contributed by atoms with E-state index in [9.17, 15) is 18.0 Å². The van der Waals surface area contributed by atoms with Crippen molar-refractivity contribution in [2.45, 2.75) is 19.0 Å². The number of fused-ring (bicyclic) bond motifs is 1. The van der Waals surface area contributed by atoms with E-state index in [4.69, 9.17) is 4.74 Å². The van der Waals surface area contributed by atoms with Gasteiger partial charge in [0.05, 0.1) is 12.2 Å². The van der Waals surface area contributed by atoms with Crippen LogP contribution in [0.4, 0.5) is 13.2 Å². The molecule has 86 valence electrons. The average molecular weight is 230 g/mol. The van der Waals surface area contributed by atoms with Gasteiger partial charge < -0.3 is 4.74 Å². The highest BCUT2D eigenvalue weighted by atomic mass is 19.4. The van der Waals surface area contributed by atoms with Crippen molar-refractivity contribution in [1.82, 2.24) is 0 Å². The van der Waals surface area contributed by atoms with E-state index in [0.29, 0.717) is 18.6 Å². The maximum absolute atomic E-state index is 12.3. The molecule has 0 saturated heterocycles. The largest absolute Gasteiger partial charge is 0.493 e. The Labute approximate surface area is 90.0 Å². The van der Waals surface area contributed by atoms with Crippen LogP contribution in [-0.2, 0) is 6.42 Å². The summed E-state index contributed by atoms with van der Waals surface area (Å²) < 4.78 is 42.0. The summed E-state index contributed by atoms with van der Waals surface area (Å²) in [7, 11) is 0. The maximum Gasteiger partial charge on any atom is 0.455 e. The van der Waals surface area contributed by atoms with E-state index in [-0.39, 0.29) is 11.3 Å². The number of hydrogen-bond donors (Lipinski definition) is 0. The van der Waals surface area contributed by atoms with E-state index in [2.05, 4.69) is 0 Å². The molecule has 1 aliphatic heterocycles. The Bertz CT molecular complexity index is 424. The molecule has 0 radical (unpaired) electrons. The number of carbonyl (C=O) groups is 1. The van der Waals surface area contributed by atoms with E-state index < -0.39 is 12.0 Å². The lowest BCUT2D eigenvalue weighted by Gasteiger charge is -2.20. The fraction of sp³-hybridized carbons (Fsp3) is 0.364. The standard InChI is InChI=1S/C11H9F3O2/c12-11(13,14)10(15)8-5-1-3-7-4-2-6-16-9(7)8/h1,3,5H,2,4,6H2. The van der Waals surface area contributed by atoms with Crippen LogP contribution < -0.4 is 4.74 Å². The van der Waals surface area contributed by atoms with Gasteiger partial charge >= 0.3 is 6.18 Å². The molecule has 0 aliphatic carbocycles. The Morgan fingerprint density at radius 1 is 1.31 bits per heavy atom. The number of carbonyl (C=O) groups excluding carboxylic acids is 1. The van der Waals surface area contributed by atoms with Gasteiger partial charge in [-0.1, -0.05) is 12.1 Å². The molecule has 16 heavy (non-hydrogen) atoms. The third kappa shape index (κ3) is 1.89. The molecule has 0 fully saturated rings. The molecule has 1 aliphatic rings. The summed E-state index contributed by atoms with van der Waals surface area (Å²) in [5.74, 6) is -1.75. The van der Waals surface area contributed by atoms with E-state index in [0.717, 1.165) is 12.5 Å². The van der Waals surface area contributed by atoms with E-state index in [1.165, 1.54) is 6.07 Å². The van der Waals surface area contributed by atoms with Crippen LogP contribution in [0.25, 0.3) is 0 Å². The molecule has 0 N–H and O–H groups in total. The van der Waals surface area contributed by atoms with Crippen LogP contribution in [0.2, 0.25) is 0 Å². The summed E-state index contributed by atoms with van der Waals surface area (Å²) in [6, 6.07) is 4.29. The Kier molecular flexibility index (Phi) is 2.61. The highest BCUT2D eigenvalue weighted by molar-refractivity contribution is 6.02. The molecule has 0 bridgehead atoms. The lowest BCUT2D eigenvalue weighted by molar-refractivity contribution is -0.0887. The first-order valence-corrected chi connectivity index (χ1v) is 4.86. The van der Waals surface area contributed by atoms with Crippen molar-refractivity contribution < 1.29 is 22.7 Å². The van der Waals surface area contributed by atoms with Crippen LogP contribution in [0, 0.1) is 0 Å². The van der Waals surface area contributed by atoms with Crippen LogP contribution in [0.15, 0.2) is 18.2 Å². The molecule has 2 rings (SSSR count). The van der Waals surface area contributed by atoms with Gasteiger partial charge in [-0.15, -0.1) is 0 Å². The van der Waals surface area contributed by atoms with Gasteiger partial charge in [0.25, 0.3) is 5.78 Å². The fourth-order valence-electron chi connectivity index (χ4n) is 1.72. The van der Waals surface area contributed by atoms with Crippen LogP contribution in [-0.4, -0.2) is 18.6 Å². The molecule has 0 amide bonds. The molecule has 0 aromatic heterocycles. The zero-order chi connectivity index (χ0) is 11.8. The topological polar surface area (TPSA) is 26.3 Å². The number of para-hydroxylation sites is 1. The summed E-state index contributed by atoms with van der Waals surface area (Å²) in [6.07, 6.45) is -3.44. The summed E-state index contributed by atoms with van der Waals surface area (Å²) in [4.78, 5) is 11.1. The predicted octanol–water partition coefficient (Wildman–Crippen LogP) is 2.76. The molecular weight excluding hydrogens is 221 g/mol. The number of ether oxygens (including phenoxy) is 1. The highest BCUT2D eigenvalue weighted by Gasteiger charge is 2.41. The SMILES string of the molecule is O=C(c1cccc2c1OCCC2)C(F)(F)F. The number of aryl methyl sites for hydroxylation is 1. The number of rotatable bonds is 1. The van der Waals surface area contributed by atoms with Crippen LogP contribution in [0.5, 0.6) is 5.75 Å². The summed E-state index contributed by atoms with van der Waals surface area (Å²) in [5, 5.41) is 0. The first kappa shape index (κ1) is 11.0. The minimum Gasteiger partial charge on any atom is -0.493 e. The van der Waals surface area contributed by atoms with Crippen LogP contribution in [0.3, 0.4) is 0 Å². The zero-order valence-electron chi connectivity index (χ0n) is 8.30. The summed E-state index contributed by atoms with van der Waals surface area (Å²) >= 11 is 0. The first-order valence-electron chi connectivity index (χ1n) is 4.86. The molecule has 1 heterocycles. The second kappa shape index (κ2) is 3.81. The molecule has 0 unspecified atom stereocenters. The highest BCUT2D eigenvalue weighted by Crippen LogP contribution is 2.33. The van der Waals surface area contributed by atoms with Gasteiger partial charge in [0.15, 0.2) is 0 Å². The third-order valence-corrected chi connectivity index (χ3v) is 2.44. The quantitative estimate of drug-likeness (QED) is 0.693. The number of hydrogen-bond acceptors (Lipinski definition) is 2. The maximum atomic E-state index is 12.3. The zero-order valence-corrected chi connectivity index (χ0v) is 8.30. The van der Waals surface area contributed by atoms with E-state index in [1.54, 1.807) is 6.07 Å². The molecule has 2 nitrogen and oxygen atoms in total. The van der Waals surface area contributed by atoms with E-state index >= 15 is 0 Å². The number of ketones is 1. The molecule has 0 atom stereocenters. The smallest absolute Gasteiger partial charge is 0.455 e. The minimum absolute atomic E-state index is 0.0936. The van der Waals surface area contributed by atoms with E-state index in [1.807, 2.05) is 0 Å². The Morgan fingerprint density at radius 3 is 2.75 bits per heavy atom. The van der Waals surface area contributed by atoms with Crippen LogP contribution in [0.1, 0.15) is 22.3 Å². The van der Waals surface area contributed by atoms with Gasteiger partial charge in [-0.2, -0.15) is 13.2 Å². The van der Waals surface area contributed by atoms with Gasteiger partial charge in [0.2, 0.25) is 0 Å². The van der Waals surface area contributed by atoms with Gasteiger partial charge in [-0.05, 0) is 24.5 Å². The van der Waals surface area contributed by atoms with Crippen molar-refractivity contribution in [3.05, 3.63) is 29.3 Å². The predicted molar refractivity (Wildman–Crippen MR) is 50.6 cm³/mol. The van der Waals surface area contributed by atoms with Crippen molar-refractivity contribution in [2.24, 2.45) is 0 Å². The monoisotopic (exact) mass is 230 g/mol. The molecule has 1 aromatic carbocycles. The van der Waals surface area contributed by atoms with Gasteiger partial charge in [-0.3, -0.25) is 4.79 Å². The lowest BCUT2D eigenvalue weighted by atomic mass is 10.00. The van der Waals surface area contributed by atoms with Gasteiger partial charge in [0, 0.05) is 0 Å².